The van der Waals surface area contributed by atoms with Gasteiger partial charge >= 0.3 is 0 Å². The molecule has 2 aromatic rings. The molecule has 0 amide bonds. The first-order chi connectivity index (χ1) is 11.5. The zero-order valence-electron chi connectivity index (χ0n) is 14.8. The molecule has 4 rings (SSSR count). The maximum Gasteiger partial charge on any atom is 0.133 e. The van der Waals surface area contributed by atoms with Crippen LogP contribution in [0.5, 0.6) is 5.75 Å². The van der Waals surface area contributed by atoms with Gasteiger partial charge in [-0.2, -0.15) is 0 Å². The first kappa shape index (κ1) is 15.6. The average molecular weight is 326 g/mol. The van der Waals surface area contributed by atoms with Crippen LogP contribution in [0.1, 0.15) is 43.0 Å². The van der Waals surface area contributed by atoms with Crippen molar-refractivity contribution in [3.05, 3.63) is 41.0 Å². The second kappa shape index (κ2) is 5.88. The Morgan fingerprint density at radius 1 is 1.33 bits per heavy atom. The molecule has 1 atom stereocenters. The fraction of sp³-hybridized carbons (Fsp3) is 0.579. The number of nitrogens with zero attached hydrogens (tertiary/aromatic N) is 3. The molecule has 2 aliphatic heterocycles. The van der Waals surface area contributed by atoms with Crippen LogP contribution in [0.15, 0.2) is 18.2 Å². The van der Waals surface area contributed by atoms with Crippen molar-refractivity contribution in [2.45, 2.75) is 58.7 Å². The van der Waals surface area contributed by atoms with Crippen LogP contribution in [0.25, 0.3) is 0 Å². The van der Waals surface area contributed by atoms with Crippen LogP contribution in [0.2, 0.25) is 0 Å². The summed E-state index contributed by atoms with van der Waals surface area (Å²) in [5.74, 6) is 3.89. The fourth-order valence-electron chi connectivity index (χ4n) is 3.89. The van der Waals surface area contributed by atoms with E-state index in [2.05, 4.69) is 52.1 Å². The summed E-state index contributed by atoms with van der Waals surface area (Å²) >= 11 is 0. The molecule has 0 saturated carbocycles. The van der Waals surface area contributed by atoms with Crippen LogP contribution in [0, 0.1) is 12.8 Å². The molecule has 5 nitrogen and oxygen atoms in total. The third kappa shape index (κ3) is 3.05. The third-order valence-corrected chi connectivity index (χ3v) is 5.12. The predicted molar refractivity (Wildman–Crippen MR) is 93.1 cm³/mol. The highest BCUT2D eigenvalue weighted by Gasteiger charge is 2.29. The van der Waals surface area contributed by atoms with E-state index in [9.17, 15) is 0 Å². The highest BCUT2D eigenvalue weighted by Crippen LogP contribution is 2.35. The van der Waals surface area contributed by atoms with Crippen molar-refractivity contribution in [1.29, 1.82) is 0 Å². The van der Waals surface area contributed by atoms with E-state index >= 15 is 0 Å². The first-order valence-electron chi connectivity index (χ1n) is 8.90. The van der Waals surface area contributed by atoms with Crippen LogP contribution in [-0.4, -0.2) is 26.9 Å². The number of nitrogens with one attached hydrogen (secondary N) is 1. The number of ether oxygens (including phenoxy) is 1. The van der Waals surface area contributed by atoms with E-state index in [4.69, 9.17) is 4.74 Å². The molecule has 5 heteroatoms. The zero-order valence-corrected chi connectivity index (χ0v) is 14.8. The molecule has 1 aromatic carbocycles. The van der Waals surface area contributed by atoms with Crippen LogP contribution in [-0.2, 0) is 25.9 Å². The van der Waals surface area contributed by atoms with E-state index in [0.29, 0.717) is 5.92 Å². The molecule has 24 heavy (non-hydrogen) atoms. The van der Waals surface area contributed by atoms with Crippen LogP contribution in [0.4, 0.5) is 0 Å². The summed E-state index contributed by atoms with van der Waals surface area (Å²) < 4.78 is 8.22. The number of hydrogen-bond acceptors (Lipinski definition) is 4. The van der Waals surface area contributed by atoms with Gasteiger partial charge in [-0.05, 0) is 56.8 Å². The van der Waals surface area contributed by atoms with Crippen LogP contribution >= 0.6 is 0 Å². The fourth-order valence-corrected chi connectivity index (χ4v) is 3.89. The number of fused-ring (bicyclic) bond motifs is 2. The van der Waals surface area contributed by atoms with Crippen molar-refractivity contribution >= 4 is 0 Å². The summed E-state index contributed by atoms with van der Waals surface area (Å²) in [6.45, 7) is 9.33. The lowest BCUT2D eigenvalue weighted by molar-refractivity contribution is 0.138. The lowest BCUT2D eigenvalue weighted by Crippen LogP contribution is -2.30. The van der Waals surface area contributed by atoms with Gasteiger partial charge in [-0.1, -0.05) is 12.1 Å². The second-order valence-corrected chi connectivity index (χ2v) is 7.79. The lowest BCUT2D eigenvalue weighted by atomic mass is 9.98. The van der Waals surface area contributed by atoms with Gasteiger partial charge in [-0.25, -0.2) is 0 Å². The maximum atomic E-state index is 5.95. The van der Waals surface area contributed by atoms with Crippen molar-refractivity contribution < 1.29 is 4.74 Å². The van der Waals surface area contributed by atoms with E-state index in [1.54, 1.807) is 0 Å². The Morgan fingerprint density at radius 3 is 3.08 bits per heavy atom. The highest BCUT2D eigenvalue weighted by molar-refractivity contribution is 5.41. The number of benzene rings is 1. The van der Waals surface area contributed by atoms with Crippen molar-refractivity contribution in [1.82, 2.24) is 20.1 Å². The molecule has 1 N–H and O–H groups in total. The smallest absolute Gasteiger partial charge is 0.133 e. The number of rotatable bonds is 4. The summed E-state index contributed by atoms with van der Waals surface area (Å²) in [5.41, 5.74) is 2.61. The largest absolute Gasteiger partial charge is 0.487 e. The topological polar surface area (TPSA) is 52.0 Å². The lowest BCUT2D eigenvalue weighted by Gasteiger charge is -2.24. The Balaban J connectivity index is 1.32. The summed E-state index contributed by atoms with van der Waals surface area (Å²) in [6.07, 6.45) is 3.23. The zero-order chi connectivity index (χ0) is 16.7. The standard InChI is InChI=1S/C19H26N4O/c1-13-21-22-18-7-5-15(12-23(13)18)11-20-10-14-4-6-17-16(8-14)9-19(2,3)24-17/h4,6,8,15,20H,5,7,9-12H2,1-3H3/t15-/m0/s1. The SMILES string of the molecule is Cc1nnc2n1C[C@H](CNCc1ccc3c(c1)CC(C)(C)O3)CC2. The molecular weight excluding hydrogens is 300 g/mol. The molecule has 0 radical (unpaired) electrons. The molecule has 0 bridgehead atoms. The van der Waals surface area contributed by atoms with Gasteiger partial charge < -0.3 is 14.6 Å². The Kier molecular flexibility index (Phi) is 3.83. The minimum absolute atomic E-state index is 0.0646. The summed E-state index contributed by atoms with van der Waals surface area (Å²) in [4.78, 5) is 0. The monoisotopic (exact) mass is 326 g/mol. The molecule has 0 spiro atoms. The number of aromatic nitrogens is 3. The molecule has 0 unspecified atom stereocenters. The van der Waals surface area contributed by atoms with E-state index < -0.39 is 0 Å². The highest BCUT2D eigenvalue weighted by atomic mass is 16.5. The van der Waals surface area contributed by atoms with Crippen LogP contribution in [0.3, 0.4) is 0 Å². The van der Waals surface area contributed by atoms with Gasteiger partial charge in [-0.3, -0.25) is 0 Å². The van der Waals surface area contributed by atoms with Gasteiger partial charge in [-0.15, -0.1) is 10.2 Å². The van der Waals surface area contributed by atoms with Gasteiger partial charge in [0.05, 0.1) is 0 Å². The second-order valence-electron chi connectivity index (χ2n) is 7.79. The number of aryl methyl sites for hydroxylation is 2. The Labute approximate surface area is 143 Å². The first-order valence-corrected chi connectivity index (χ1v) is 8.90. The summed E-state index contributed by atoms with van der Waals surface area (Å²) in [5, 5.41) is 12.1. The Bertz CT molecular complexity index is 750. The van der Waals surface area contributed by atoms with Gasteiger partial charge in [0.15, 0.2) is 0 Å². The molecule has 0 saturated heterocycles. The van der Waals surface area contributed by atoms with E-state index in [1.165, 1.54) is 17.5 Å². The Hall–Kier alpha value is -1.88. The van der Waals surface area contributed by atoms with E-state index in [1.807, 2.05) is 6.92 Å². The average Bonchev–Trinajstić information content (AvgIpc) is 3.05. The van der Waals surface area contributed by atoms with Gasteiger partial charge in [0.2, 0.25) is 0 Å². The van der Waals surface area contributed by atoms with E-state index in [-0.39, 0.29) is 5.60 Å². The minimum Gasteiger partial charge on any atom is -0.487 e. The molecule has 128 valence electrons. The van der Waals surface area contributed by atoms with Crippen LogP contribution < -0.4 is 10.1 Å². The van der Waals surface area contributed by atoms with Crippen molar-refractivity contribution in [2.24, 2.45) is 5.92 Å². The third-order valence-electron chi connectivity index (χ3n) is 5.12. The number of hydrogen-bond donors (Lipinski definition) is 1. The van der Waals surface area contributed by atoms with Gasteiger partial charge in [0.25, 0.3) is 0 Å². The van der Waals surface area contributed by atoms with Crippen molar-refractivity contribution in [3.8, 4) is 5.75 Å². The molecular formula is C19H26N4O. The molecule has 1 aromatic heterocycles. The molecule has 0 aliphatic carbocycles. The molecule has 2 aliphatic rings. The Morgan fingerprint density at radius 2 is 2.21 bits per heavy atom. The van der Waals surface area contributed by atoms with Crippen molar-refractivity contribution in [3.63, 3.8) is 0 Å². The maximum absolute atomic E-state index is 5.95. The predicted octanol–water partition coefficient (Wildman–Crippen LogP) is 2.65. The van der Waals surface area contributed by atoms with Gasteiger partial charge in [0.1, 0.15) is 23.0 Å². The van der Waals surface area contributed by atoms with E-state index in [0.717, 1.165) is 49.9 Å². The molecule has 3 heterocycles. The quantitative estimate of drug-likeness (QED) is 0.938. The minimum atomic E-state index is -0.0646. The van der Waals surface area contributed by atoms with Crippen molar-refractivity contribution in [2.75, 3.05) is 6.54 Å². The molecule has 0 fully saturated rings. The normalized spacial score (nSPS) is 21.2. The summed E-state index contributed by atoms with van der Waals surface area (Å²) in [7, 11) is 0. The summed E-state index contributed by atoms with van der Waals surface area (Å²) in [6, 6.07) is 6.59. The van der Waals surface area contributed by atoms with Gasteiger partial charge in [0, 0.05) is 25.9 Å².